The van der Waals surface area contributed by atoms with Crippen molar-refractivity contribution in [2.45, 2.75) is 33.7 Å². The Hall–Kier alpha value is -3.18. The van der Waals surface area contributed by atoms with Crippen molar-refractivity contribution in [3.05, 3.63) is 94.9 Å². The lowest BCUT2D eigenvalue weighted by molar-refractivity contribution is 0.422. The Morgan fingerprint density at radius 1 is 1.03 bits per heavy atom. The van der Waals surface area contributed by atoms with Gasteiger partial charge in [0.1, 0.15) is 0 Å². The van der Waals surface area contributed by atoms with Crippen molar-refractivity contribution in [3.8, 4) is 0 Å². The molecule has 2 heterocycles. The van der Waals surface area contributed by atoms with Gasteiger partial charge in [0.15, 0.2) is 5.11 Å². The number of hydrogen-bond donors (Lipinski definition) is 2. The van der Waals surface area contributed by atoms with Crippen molar-refractivity contribution in [3.63, 3.8) is 0 Å². The minimum absolute atomic E-state index is 0.714. The lowest BCUT2D eigenvalue weighted by atomic mass is 10.1. The highest BCUT2D eigenvalue weighted by molar-refractivity contribution is 7.80. The molecule has 0 fully saturated rings. The van der Waals surface area contributed by atoms with Gasteiger partial charge < -0.3 is 15.2 Å². The zero-order valence-corrected chi connectivity index (χ0v) is 19.1. The number of H-pyrrole nitrogens is 1. The van der Waals surface area contributed by atoms with Gasteiger partial charge in [0.05, 0.1) is 0 Å². The third-order valence-electron chi connectivity index (χ3n) is 5.89. The number of pyridine rings is 1. The third-order valence-corrected chi connectivity index (χ3v) is 6.25. The molecular formula is C26H28N4S. The van der Waals surface area contributed by atoms with Crippen LogP contribution in [-0.4, -0.2) is 26.5 Å². The maximum absolute atomic E-state index is 5.87. The first kappa shape index (κ1) is 21.1. The molecule has 4 rings (SSSR count). The van der Waals surface area contributed by atoms with Gasteiger partial charge in [-0.25, -0.2) is 0 Å². The molecule has 0 spiro atoms. The number of fused-ring (bicyclic) bond motifs is 1. The van der Waals surface area contributed by atoms with E-state index in [1.165, 1.54) is 33.3 Å². The van der Waals surface area contributed by atoms with E-state index in [0.717, 1.165) is 29.3 Å². The van der Waals surface area contributed by atoms with Crippen LogP contribution in [-0.2, 0) is 13.0 Å². The highest BCUT2D eigenvalue weighted by atomic mass is 32.1. The molecule has 2 aromatic carbocycles. The molecule has 0 radical (unpaired) electrons. The van der Waals surface area contributed by atoms with E-state index in [1.54, 1.807) is 6.20 Å². The summed E-state index contributed by atoms with van der Waals surface area (Å²) in [6.07, 6.45) is 4.62. The fourth-order valence-electron chi connectivity index (χ4n) is 3.95. The molecule has 0 amide bonds. The Kier molecular flexibility index (Phi) is 6.33. The van der Waals surface area contributed by atoms with Crippen molar-refractivity contribution in [2.24, 2.45) is 0 Å². The maximum atomic E-state index is 5.87. The Morgan fingerprint density at radius 3 is 2.68 bits per heavy atom. The SMILES string of the molecule is Cc1cccc(NC(=S)N(CCc2c(C)[nH]c3ccccc23)Cc2cccnc2)c1C. The van der Waals surface area contributed by atoms with Gasteiger partial charge in [-0.15, -0.1) is 0 Å². The summed E-state index contributed by atoms with van der Waals surface area (Å²) >= 11 is 5.87. The predicted octanol–water partition coefficient (Wildman–Crippen LogP) is 5.93. The maximum Gasteiger partial charge on any atom is 0.173 e. The molecule has 4 aromatic rings. The van der Waals surface area contributed by atoms with E-state index in [9.17, 15) is 0 Å². The molecule has 2 N–H and O–H groups in total. The number of nitrogens with zero attached hydrogens (tertiary/aromatic N) is 2. The average Bonchev–Trinajstić information content (AvgIpc) is 3.10. The van der Waals surface area contributed by atoms with E-state index < -0.39 is 0 Å². The number of anilines is 1. The molecule has 0 atom stereocenters. The lowest BCUT2D eigenvalue weighted by Crippen LogP contribution is -2.36. The molecule has 0 saturated heterocycles. The third kappa shape index (κ3) is 4.78. The Balaban J connectivity index is 1.57. The van der Waals surface area contributed by atoms with Crippen LogP contribution in [0, 0.1) is 20.8 Å². The van der Waals surface area contributed by atoms with Crippen LogP contribution < -0.4 is 5.32 Å². The van der Waals surface area contributed by atoms with Crippen LogP contribution in [0.2, 0.25) is 0 Å². The van der Waals surface area contributed by atoms with E-state index in [2.05, 4.69) is 89.5 Å². The molecule has 0 bridgehead atoms. The summed E-state index contributed by atoms with van der Waals surface area (Å²) in [5.74, 6) is 0. The Labute approximate surface area is 189 Å². The summed E-state index contributed by atoms with van der Waals surface area (Å²) in [5, 5.41) is 5.50. The average molecular weight is 429 g/mol. The van der Waals surface area contributed by atoms with Crippen molar-refractivity contribution >= 4 is 33.9 Å². The number of para-hydroxylation sites is 1. The van der Waals surface area contributed by atoms with Crippen LogP contribution >= 0.6 is 12.2 Å². The summed E-state index contributed by atoms with van der Waals surface area (Å²) in [6, 6.07) is 18.8. The van der Waals surface area contributed by atoms with E-state index in [-0.39, 0.29) is 0 Å². The molecule has 5 heteroatoms. The van der Waals surface area contributed by atoms with E-state index in [4.69, 9.17) is 12.2 Å². The summed E-state index contributed by atoms with van der Waals surface area (Å²) in [4.78, 5) is 10.0. The number of rotatable bonds is 6. The first-order chi connectivity index (χ1) is 15.0. The fraction of sp³-hybridized carbons (Fsp3) is 0.231. The molecule has 0 unspecified atom stereocenters. The Bertz CT molecular complexity index is 1200. The molecule has 31 heavy (non-hydrogen) atoms. The predicted molar refractivity (Wildman–Crippen MR) is 134 cm³/mol. The smallest absolute Gasteiger partial charge is 0.173 e. The first-order valence-electron chi connectivity index (χ1n) is 10.6. The van der Waals surface area contributed by atoms with Gasteiger partial charge in [-0.2, -0.15) is 0 Å². The Morgan fingerprint density at radius 2 is 1.87 bits per heavy atom. The van der Waals surface area contributed by atoms with E-state index in [1.807, 2.05) is 12.3 Å². The van der Waals surface area contributed by atoms with Crippen LogP contribution in [0.3, 0.4) is 0 Å². The summed E-state index contributed by atoms with van der Waals surface area (Å²) < 4.78 is 0. The number of benzene rings is 2. The molecule has 158 valence electrons. The number of thiocarbonyl (C=S) groups is 1. The van der Waals surface area contributed by atoms with Gasteiger partial charge in [-0.1, -0.05) is 36.4 Å². The van der Waals surface area contributed by atoms with Gasteiger partial charge in [-0.3, -0.25) is 4.98 Å². The molecule has 0 aliphatic heterocycles. The lowest BCUT2D eigenvalue weighted by Gasteiger charge is -2.27. The van der Waals surface area contributed by atoms with Gasteiger partial charge >= 0.3 is 0 Å². The first-order valence-corrected chi connectivity index (χ1v) is 11.0. The standard InChI is InChI=1S/C26H28N4S/c1-18-8-6-12-24(19(18)2)29-26(31)30(17-21-9-7-14-27-16-21)15-13-22-20(3)28-25-11-5-4-10-23(22)25/h4-12,14,16,28H,13,15,17H2,1-3H3,(H,29,31). The number of hydrogen-bond acceptors (Lipinski definition) is 2. The number of nitrogens with one attached hydrogen (secondary N) is 2. The van der Waals surface area contributed by atoms with Crippen molar-refractivity contribution in [2.75, 3.05) is 11.9 Å². The van der Waals surface area contributed by atoms with Crippen LogP contribution in [0.15, 0.2) is 67.0 Å². The van der Waals surface area contributed by atoms with Crippen LogP contribution in [0.4, 0.5) is 5.69 Å². The molecular weight excluding hydrogens is 400 g/mol. The van der Waals surface area contributed by atoms with Crippen molar-refractivity contribution < 1.29 is 0 Å². The van der Waals surface area contributed by atoms with E-state index >= 15 is 0 Å². The molecule has 2 aromatic heterocycles. The molecule has 0 saturated carbocycles. The molecule has 4 nitrogen and oxygen atoms in total. The number of aryl methyl sites for hydroxylation is 2. The van der Waals surface area contributed by atoms with Gasteiger partial charge in [-0.05, 0) is 79.9 Å². The largest absolute Gasteiger partial charge is 0.358 e. The second-order valence-corrected chi connectivity index (χ2v) is 8.37. The topological polar surface area (TPSA) is 44.0 Å². The quantitative estimate of drug-likeness (QED) is 0.374. The van der Waals surface area contributed by atoms with Crippen molar-refractivity contribution in [1.82, 2.24) is 14.9 Å². The fourth-order valence-corrected chi connectivity index (χ4v) is 4.21. The number of aromatic nitrogens is 2. The van der Waals surface area contributed by atoms with E-state index in [0.29, 0.717) is 6.54 Å². The summed E-state index contributed by atoms with van der Waals surface area (Å²) in [6.45, 7) is 7.92. The zero-order chi connectivity index (χ0) is 21.8. The van der Waals surface area contributed by atoms with Gasteiger partial charge in [0.2, 0.25) is 0 Å². The zero-order valence-electron chi connectivity index (χ0n) is 18.3. The second kappa shape index (κ2) is 9.31. The minimum Gasteiger partial charge on any atom is -0.358 e. The summed E-state index contributed by atoms with van der Waals surface area (Å²) in [5.41, 5.74) is 8.43. The minimum atomic E-state index is 0.714. The molecule has 0 aliphatic rings. The highest BCUT2D eigenvalue weighted by Crippen LogP contribution is 2.23. The van der Waals surface area contributed by atoms with Crippen LogP contribution in [0.1, 0.15) is 27.9 Å². The van der Waals surface area contributed by atoms with Gasteiger partial charge in [0.25, 0.3) is 0 Å². The summed E-state index contributed by atoms with van der Waals surface area (Å²) in [7, 11) is 0. The second-order valence-electron chi connectivity index (χ2n) is 7.98. The van der Waals surface area contributed by atoms with Crippen LogP contribution in [0.5, 0.6) is 0 Å². The van der Waals surface area contributed by atoms with Gasteiger partial charge in [0, 0.05) is 47.8 Å². The molecule has 0 aliphatic carbocycles. The highest BCUT2D eigenvalue weighted by Gasteiger charge is 2.15. The monoisotopic (exact) mass is 428 g/mol. The van der Waals surface area contributed by atoms with Crippen LogP contribution in [0.25, 0.3) is 10.9 Å². The number of aromatic amines is 1. The van der Waals surface area contributed by atoms with Crippen molar-refractivity contribution in [1.29, 1.82) is 0 Å². The normalized spacial score (nSPS) is 10.9.